The van der Waals surface area contributed by atoms with Crippen molar-refractivity contribution in [2.45, 2.75) is 18.9 Å². The van der Waals surface area contributed by atoms with Crippen LogP contribution in [0, 0.1) is 5.92 Å². The van der Waals surface area contributed by atoms with Gasteiger partial charge in [0.1, 0.15) is 0 Å². The van der Waals surface area contributed by atoms with Crippen LogP contribution in [0.4, 0.5) is 0 Å². The first-order valence-electron chi connectivity index (χ1n) is 5.80. The number of aliphatic hydroxyl groups excluding tert-OH is 2. The highest BCUT2D eigenvalue weighted by atomic mass is 35.5. The van der Waals surface area contributed by atoms with Crippen molar-refractivity contribution in [3.8, 4) is 0 Å². The summed E-state index contributed by atoms with van der Waals surface area (Å²) < 4.78 is 5.22. The van der Waals surface area contributed by atoms with Gasteiger partial charge in [0, 0.05) is 13.7 Å². The maximum absolute atomic E-state index is 9.25. The Morgan fingerprint density at radius 1 is 1.22 bits per heavy atom. The average Bonchev–Trinajstić information content (AvgIpc) is 2.35. The van der Waals surface area contributed by atoms with Crippen molar-refractivity contribution < 1.29 is 14.9 Å². The number of hydrogen-bond acceptors (Lipinski definition) is 3. The molecule has 1 aromatic carbocycles. The molecule has 0 saturated carbocycles. The van der Waals surface area contributed by atoms with E-state index in [-0.39, 0.29) is 25.2 Å². The fraction of sp³-hybridized carbons (Fsp3) is 0.538. The van der Waals surface area contributed by atoms with Gasteiger partial charge in [-0.05, 0) is 36.5 Å². The Morgan fingerprint density at radius 2 is 1.94 bits per heavy atom. The highest BCUT2D eigenvalue weighted by Gasteiger charge is 2.20. The molecule has 2 N–H and O–H groups in total. The van der Waals surface area contributed by atoms with E-state index in [1.807, 2.05) is 6.07 Å². The zero-order valence-corrected chi connectivity index (χ0v) is 11.8. The molecule has 0 aromatic heterocycles. The van der Waals surface area contributed by atoms with E-state index in [0.29, 0.717) is 22.9 Å². The predicted molar refractivity (Wildman–Crippen MR) is 73.2 cm³/mol. The standard InChI is InChI=1S/C13H18Cl2O3/c1-18-13(8-17)10(4-5-16)6-9-2-3-11(14)12(15)7-9/h2-3,7,10,13,16-17H,4-6,8H2,1H3/t10-,13-/m1/s1. The average molecular weight is 293 g/mol. The van der Waals surface area contributed by atoms with E-state index >= 15 is 0 Å². The number of hydrogen-bond donors (Lipinski definition) is 2. The Balaban J connectivity index is 2.78. The molecule has 3 nitrogen and oxygen atoms in total. The molecule has 0 saturated heterocycles. The summed E-state index contributed by atoms with van der Waals surface area (Å²) in [6.07, 6.45) is 0.960. The van der Waals surface area contributed by atoms with Gasteiger partial charge in [0.2, 0.25) is 0 Å². The molecule has 0 aliphatic heterocycles. The minimum absolute atomic E-state index is 0.0437. The minimum atomic E-state index is -0.286. The molecule has 0 unspecified atom stereocenters. The molecule has 0 radical (unpaired) electrons. The molecule has 2 atom stereocenters. The van der Waals surface area contributed by atoms with Crippen LogP contribution in [0.3, 0.4) is 0 Å². The maximum Gasteiger partial charge on any atom is 0.0834 e. The Labute approximate surface area is 117 Å². The SMILES string of the molecule is CO[C@H](CO)[C@H](CCO)Cc1ccc(Cl)c(Cl)c1. The van der Waals surface area contributed by atoms with Gasteiger partial charge in [-0.1, -0.05) is 29.3 Å². The largest absolute Gasteiger partial charge is 0.396 e. The van der Waals surface area contributed by atoms with Crippen LogP contribution in [0.5, 0.6) is 0 Å². The summed E-state index contributed by atoms with van der Waals surface area (Å²) in [6.45, 7) is -0.00562. The molecular formula is C13H18Cl2O3. The van der Waals surface area contributed by atoms with Crippen LogP contribution in [0.25, 0.3) is 0 Å². The lowest BCUT2D eigenvalue weighted by molar-refractivity contribution is 0.000252. The van der Waals surface area contributed by atoms with Gasteiger partial charge >= 0.3 is 0 Å². The number of ether oxygens (including phenoxy) is 1. The Hall–Kier alpha value is -0.320. The normalized spacial score (nSPS) is 14.5. The molecule has 1 aromatic rings. The fourth-order valence-electron chi connectivity index (χ4n) is 1.97. The molecule has 5 heteroatoms. The summed E-state index contributed by atoms with van der Waals surface area (Å²) in [7, 11) is 1.56. The van der Waals surface area contributed by atoms with Crippen molar-refractivity contribution in [2.75, 3.05) is 20.3 Å². The van der Waals surface area contributed by atoms with Gasteiger partial charge in [-0.3, -0.25) is 0 Å². The molecule has 0 bridgehead atoms. The quantitative estimate of drug-likeness (QED) is 0.812. The molecular weight excluding hydrogens is 275 g/mol. The Bertz CT molecular complexity index is 367. The smallest absolute Gasteiger partial charge is 0.0834 e. The predicted octanol–water partition coefficient (Wildman–Crippen LogP) is 2.54. The summed E-state index contributed by atoms with van der Waals surface area (Å²) >= 11 is 11.8. The topological polar surface area (TPSA) is 49.7 Å². The van der Waals surface area contributed by atoms with E-state index in [0.717, 1.165) is 5.56 Å². The van der Waals surface area contributed by atoms with Gasteiger partial charge in [0.05, 0.1) is 22.8 Å². The molecule has 0 aliphatic rings. The molecule has 0 spiro atoms. The fourth-order valence-corrected chi connectivity index (χ4v) is 2.29. The lowest BCUT2D eigenvalue weighted by Gasteiger charge is -2.24. The number of benzene rings is 1. The van der Waals surface area contributed by atoms with E-state index in [9.17, 15) is 5.11 Å². The van der Waals surface area contributed by atoms with Gasteiger partial charge in [-0.25, -0.2) is 0 Å². The van der Waals surface area contributed by atoms with E-state index < -0.39 is 0 Å². The lowest BCUT2D eigenvalue weighted by atomic mass is 9.91. The summed E-state index contributed by atoms with van der Waals surface area (Å²) in [4.78, 5) is 0. The third-order valence-corrected chi connectivity index (χ3v) is 3.73. The summed E-state index contributed by atoms with van der Waals surface area (Å²) in [5.74, 6) is 0.0437. The van der Waals surface area contributed by atoms with Crippen LogP contribution in [-0.2, 0) is 11.2 Å². The zero-order valence-electron chi connectivity index (χ0n) is 10.3. The van der Waals surface area contributed by atoms with Crippen LogP contribution in [0.1, 0.15) is 12.0 Å². The van der Waals surface area contributed by atoms with Gasteiger partial charge in [-0.2, -0.15) is 0 Å². The monoisotopic (exact) mass is 292 g/mol. The van der Waals surface area contributed by atoms with E-state index in [2.05, 4.69) is 0 Å². The summed E-state index contributed by atoms with van der Waals surface area (Å²) in [5.41, 5.74) is 1.01. The molecule has 0 aliphatic carbocycles. The van der Waals surface area contributed by atoms with Crippen molar-refractivity contribution in [3.63, 3.8) is 0 Å². The number of halogens is 2. The van der Waals surface area contributed by atoms with Gasteiger partial charge in [0.15, 0.2) is 0 Å². The summed E-state index contributed by atoms with van der Waals surface area (Å²) in [6, 6.07) is 5.44. The first-order valence-corrected chi connectivity index (χ1v) is 6.56. The molecule has 0 amide bonds. The zero-order chi connectivity index (χ0) is 13.5. The van der Waals surface area contributed by atoms with Gasteiger partial charge in [-0.15, -0.1) is 0 Å². The van der Waals surface area contributed by atoms with Gasteiger partial charge in [0.25, 0.3) is 0 Å². The van der Waals surface area contributed by atoms with Crippen molar-refractivity contribution in [1.29, 1.82) is 0 Å². The highest BCUT2D eigenvalue weighted by Crippen LogP contribution is 2.25. The number of rotatable bonds is 7. The van der Waals surface area contributed by atoms with Crippen LogP contribution in [-0.4, -0.2) is 36.6 Å². The Morgan fingerprint density at radius 3 is 2.44 bits per heavy atom. The first-order chi connectivity index (χ1) is 8.62. The molecule has 0 fully saturated rings. The van der Waals surface area contributed by atoms with Crippen molar-refractivity contribution in [3.05, 3.63) is 33.8 Å². The van der Waals surface area contributed by atoms with Crippen molar-refractivity contribution in [2.24, 2.45) is 5.92 Å². The second-order valence-corrected chi connectivity index (χ2v) is 5.00. The molecule has 18 heavy (non-hydrogen) atoms. The molecule has 0 heterocycles. The second kappa shape index (κ2) is 7.97. The molecule has 102 valence electrons. The number of aliphatic hydroxyl groups is 2. The van der Waals surface area contributed by atoms with E-state index in [1.165, 1.54) is 0 Å². The third-order valence-electron chi connectivity index (χ3n) is 2.99. The number of methoxy groups -OCH3 is 1. The lowest BCUT2D eigenvalue weighted by Crippen LogP contribution is -2.29. The second-order valence-electron chi connectivity index (χ2n) is 4.18. The first kappa shape index (κ1) is 15.7. The van der Waals surface area contributed by atoms with Crippen molar-refractivity contribution >= 4 is 23.2 Å². The Kier molecular flexibility index (Phi) is 6.97. The van der Waals surface area contributed by atoms with E-state index in [1.54, 1.807) is 19.2 Å². The summed E-state index contributed by atoms with van der Waals surface area (Å²) in [5, 5.41) is 19.3. The van der Waals surface area contributed by atoms with E-state index in [4.69, 9.17) is 33.0 Å². The van der Waals surface area contributed by atoms with Gasteiger partial charge < -0.3 is 14.9 Å². The minimum Gasteiger partial charge on any atom is -0.396 e. The maximum atomic E-state index is 9.25. The van der Waals surface area contributed by atoms with Crippen LogP contribution >= 0.6 is 23.2 Å². The van der Waals surface area contributed by atoms with Crippen LogP contribution in [0.2, 0.25) is 10.0 Å². The highest BCUT2D eigenvalue weighted by molar-refractivity contribution is 6.42. The van der Waals surface area contributed by atoms with Crippen molar-refractivity contribution in [1.82, 2.24) is 0 Å². The third kappa shape index (κ3) is 4.41. The van der Waals surface area contributed by atoms with Crippen LogP contribution < -0.4 is 0 Å². The molecule has 1 rings (SSSR count). The van der Waals surface area contributed by atoms with Crippen LogP contribution in [0.15, 0.2) is 18.2 Å².